The van der Waals surface area contributed by atoms with Crippen molar-refractivity contribution in [1.29, 1.82) is 0 Å². The van der Waals surface area contributed by atoms with Gasteiger partial charge in [0.15, 0.2) is 11.7 Å². The Labute approximate surface area is 229 Å². The highest BCUT2D eigenvalue weighted by atomic mass is 79.9. The molecule has 4 rings (SSSR count). The van der Waals surface area contributed by atoms with Gasteiger partial charge in [0.25, 0.3) is 17.7 Å². The topological polar surface area (TPSA) is 87.7 Å². The third-order valence-electron chi connectivity index (χ3n) is 5.10. The zero-order valence-electron chi connectivity index (χ0n) is 18.9. The van der Waals surface area contributed by atoms with Gasteiger partial charge in [-0.1, -0.05) is 46.3 Å². The van der Waals surface area contributed by atoms with Gasteiger partial charge in [-0.3, -0.25) is 24.6 Å². The number of carbonyl (C=O) groups is 3. The van der Waals surface area contributed by atoms with E-state index < -0.39 is 11.8 Å². The van der Waals surface area contributed by atoms with E-state index in [2.05, 4.69) is 42.5 Å². The number of nitrogens with one attached hydrogen (secondary N) is 2. The van der Waals surface area contributed by atoms with Crippen molar-refractivity contribution in [1.82, 2.24) is 5.32 Å². The Morgan fingerprint density at radius 3 is 2.56 bits per heavy atom. The zero-order valence-corrected chi connectivity index (χ0v) is 22.9. The molecule has 7 nitrogen and oxygen atoms in total. The van der Waals surface area contributed by atoms with Crippen LogP contribution in [0.3, 0.4) is 0 Å². The normalized spacial score (nSPS) is 14.6. The van der Waals surface area contributed by atoms with Crippen LogP contribution >= 0.6 is 44.1 Å². The zero-order chi connectivity index (χ0) is 25.8. The monoisotopic (exact) mass is 627 g/mol. The molecule has 0 radical (unpaired) electrons. The van der Waals surface area contributed by atoms with Gasteiger partial charge in [-0.25, -0.2) is 0 Å². The lowest BCUT2D eigenvalue weighted by Crippen LogP contribution is -2.54. The van der Waals surface area contributed by atoms with Gasteiger partial charge in [-0.2, -0.15) is 0 Å². The number of ether oxygens (including phenoxy) is 1. The second-order valence-electron chi connectivity index (χ2n) is 7.81. The van der Waals surface area contributed by atoms with E-state index >= 15 is 0 Å². The molecule has 0 atom stereocenters. The van der Waals surface area contributed by atoms with Crippen LogP contribution in [-0.4, -0.2) is 29.4 Å². The number of thiocarbonyl (C=S) groups is 1. The van der Waals surface area contributed by atoms with E-state index in [1.807, 2.05) is 31.2 Å². The van der Waals surface area contributed by atoms with Crippen LogP contribution in [0, 0.1) is 6.92 Å². The summed E-state index contributed by atoms with van der Waals surface area (Å²) in [5.74, 6) is -1.27. The fraction of sp³-hybridized carbons (Fsp3) is 0.0769. The van der Waals surface area contributed by atoms with Gasteiger partial charge in [0.05, 0.1) is 10.2 Å². The number of para-hydroxylation sites is 1. The Morgan fingerprint density at radius 1 is 1.08 bits per heavy atom. The number of nitrogens with zero attached hydrogens (tertiary/aromatic N) is 1. The Bertz CT molecular complexity index is 1410. The summed E-state index contributed by atoms with van der Waals surface area (Å²) >= 11 is 12.1. The maximum absolute atomic E-state index is 13.3. The molecule has 0 spiro atoms. The van der Waals surface area contributed by atoms with E-state index in [0.29, 0.717) is 31.6 Å². The molecule has 1 saturated heterocycles. The smallest absolute Gasteiger partial charge is 0.270 e. The van der Waals surface area contributed by atoms with Gasteiger partial charge < -0.3 is 10.1 Å². The molecule has 1 fully saturated rings. The van der Waals surface area contributed by atoms with Crippen LogP contribution in [0.15, 0.2) is 81.2 Å². The summed E-state index contributed by atoms with van der Waals surface area (Å²) in [6.45, 7) is 1.64. The van der Waals surface area contributed by atoms with Crippen LogP contribution in [0.4, 0.5) is 11.4 Å². The van der Waals surface area contributed by atoms with E-state index in [9.17, 15) is 14.4 Å². The summed E-state index contributed by atoms with van der Waals surface area (Å²) in [6, 6.07) is 19.6. The quantitative estimate of drug-likeness (QED) is 0.218. The minimum absolute atomic E-state index is 0.00642. The van der Waals surface area contributed by atoms with Crippen LogP contribution in [0.5, 0.6) is 5.75 Å². The Kier molecular flexibility index (Phi) is 7.97. The third-order valence-corrected chi connectivity index (χ3v) is 6.43. The fourth-order valence-electron chi connectivity index (χ4n) is 3.52. The van der Waals surface area contributed by atoms with Crippen LogP contribution in [-0.2, 0) is 14.4 Å². The lowest BCUT2D eigenvalue weighted by Gasteiger charge is -2.29. The summed E-state index contributed by atoms with van der Waals surface area (Å²) in [6.07, 6.45) is 1.42. The van der Waals surface area contributed by atoms with Crippen molar-refractivity contribution in [2.24, 2.45) is 0 Å². The molecule has 1 aliphatic rings. The fourth-order valence-corrected chi connectivity index (χ4v) is 5.18. The van der Waals surface area contributed by atoms with Gasteiger partial charge in [0.2, 0.25) is 0 Å². The first-order valence-electron chi connectivity index (χ1n) is 10.7. The van der Waals surface area contributed by atoms with Crippen LogP contribution in [0.1, 0.15) is 11.1 Å². The second-order valence-corrected chi connectivity index (χ2v) is 9.96. The molecular formula is C26H19Br2N3O4S. The molecule has 3 aromatic carbocycles. The molecule has 10 heteroatoms. The van der Waals surface area contributed by atoms with Gasteiger partial charge in [0, 0.05) is 15.7 Å². The molecule has 0 saturated carbocycles. The number of hydrogen-bond donors (Lipinski definition) is 2. The van der Waals surface area contributed by atoms with Crippen molar-refractivity contribution in [3.63, 3.8) is 0 Å². The summed E-state index contributed by atoms with van der Waals surface area (Å²) < 4.78 is 7.04. The molecule has 3 aromatic rings. The molecule has 182 valence electrons. The molecule has 36 heavy (non-hydrogen) atoms. The predicted octanol–water partition coefficient (Wildman–Crippen LogP) is 5.37. The lowest BCUT2D eigenvalue weighted by molar-refractivity contribution is -0.122. The minimum Gasteiger partial charge on any atom is -0.482 e. The lowest BCUT2D eigenvalue weighted by atomic mass is 10.1. The average Bonchev–Trinajstić information content (AvgIpc) is 2.81. The van der Waals surface area contributed by atoms with Crippen molar-refractivity contribution in [3.8, 4) is 5.75 Å². The van der Waals surface area contributed by atoms with Crippen molar-refractivity contribution in [2.75, 3.05) is 16.8 Å². The SMILES string of the molecule is Cc1cccc(NC(=O)COc2c(Br)cc(Br)cc2/C=C2/C(=O)NC(=S)N(c3ccccc3)C2=O)c1. The highest BCUT2D eigenvalue weighted by molar-refractivity contribution is 9.11. The molecule has 1 heterocycles. The van der Waals surface area contributed by atoms with E-state index in [4.69, 9.17) is 17.0 Å². The highest BCUT2D eigenvalue weighted by Crippen LogP contribution is 2.35. The van der Waals surface area contributed by atoms with E-state index in [1.165, 1.54) is 11.0 Å². The molecule has 0 aliphatic carbocycles. The van der Waals surface area contributed by atoms with E-state index in [1.54, 1.807) is 42.5 Å². The summed E-state index contributed by atoms with van der Waals surface area (Å²) in [5, 5.41) is 5.34. The number of rotatable bonds is 6. The Hall–Kier alpha value is -3.34. The molecule has 0 unspecified atom stereocenters. The van der Waals surface area contributed by atoms with Crippen LogP contribution < -0.4 is 20.3 Å². The number of hydrogen-bond acceptors (Lipinski definition) is 5. The van der Waals surface area contributed by atoms with Crippen molar-refractivity contribution in [3.05, 3.63) is 92.4 Å². The first-order chi connectivity index (χ1) is 17.2. The molecular weight excluding hydrogens is 610 g/mol. The first-order valence-corrected chi connectivity index (χ1v) is 12.7. The maximum atomic E-state index is 13.3. The minimum atomic E-state index is -0.628. The number of amides is 3. The van der Waals surface area contributed by atoms with Crippen LogP contribution in [0.25, 0.3) is 6.08 Å². The first kappa shape index (κ1) is 25.7. The molecule has 3 amide bonds. The number of anilines is 2. The molecule has 0 aromatic heterocycles. The summed E-state index contributed by atoms with van der Waals surface area (Å²) in [5.41, 5.74) is 2.48. The van der Waals surface area contributed by atoms with Crippen molar-refractivity contribution < 1.29 is 19.1 Å². The third kappa shape index (κ3) is 5.89. The number of halogens is 2. The number of benzene rings is 3. The molecule has 0 bridgehead atoms. The number of carbonyl (C=O) groups excluding carboxylic acids is 3. The van der Waals surface area contributed by atoms with E-state index in [-0.39, 0.29) is 23.2 Å². The van der Waals surface area contributed by atoms with Gasteiger partial charge in [-0.15, -0.1) is 0 Å². The largest absolute Gasteiger partial charge is 0.482 e. The van der Waals surface area contributed by atoms with Crippen molar-refractivity contribution in [2.45, 2.75) is 6.92 Å². The van der Waals surface area contributed by atoms with Gasteiger partial charge in [0.1, 0.15) is 11.3 Å². The van der Waals surface area contributed by atoms with Gasteiger partial charge in [-0.05, 0) is 83.1 Å². The van der Waals surface area contributed by atoms with Gasteiger partial charge >= 0.3 is 0 Å². The molecule has 2 N–H and O–H groups in total. The highest BCUT2D eigenvalue weighted by Gasteiger charge is 2.34. The molecule has 1 aliphatic heterocycles. The number of aryl methyl sites for hydroxylation is 1. The van der Waals surface area contributed by atoms with Crippen molar-refractivity contribution >= 4 is 84.4 Å². The average molecular weight is 629 g/mol. The predicted molar refractivity (Wildman–Crippen MR) is 150 cm³/mol. The standard InChI is InChI=1S/C26H19Br2N3O4S/c1-15-6-5-7-18(10-15)29-22(32)14-35-23-16(11-17(27)13-21(23)28)12-20-24(33)30-26(36)31(25(20)34)19-8-3-2-4-9-19/h2-13H,14H2,1H3,(H,29,32)(H,30,33,36)/b20-12-. The maximum Gasteiger partial charge on any atom is 0.270 e. The second kappa shape index (κ2) is 11.2. The Morgan fingerprint density at radius 2 is 1.83 bits per heavy atom. The summed E-state index contributed by atoms with van der Waals surface area (Å²) in [4.78, 5) is 39.8. The Balaban J connectivity index is 1.62. The van der Waals surface area contributed by atoms with E-state index in [0.717, 1.165) is 5.56 Å². The van der Waals surface area contributed by atoms with Crippen LogP contribution in [0.2, 0.25) is 0 Å². The summed E-state index contributed by atoms with van der Waals surface area (Å²) in [7, 11) is 0.